The van der Waals surface area contributed by atoms with Crippen molar-refractivity contribution in [2.45, 2.75) is 18.9 Å². The molecule has 7 heteroatoms. The van der Waals surface area contributed by atoms with Crippen LogP contribution in [-0.2, 0) is 9.53 Å². The maximum atomic E-state index is 12.1. The summed E-state index contributed by atoms with van der Waals surface area (Å²) in [6.07, 6.45) is 2.15. The van der Waals surface area contributed by atoms with Crippen molar-refractivity contribution in [3.05, 3.63) is 20.8 Å². The average molecular weight is 361 g/mol. The Hall–Kier alpha value is -0.920. The molecule has 20 heavy (non-hydrogen) atoms. The molecule has 1 aromatic heterocycles. The second-order valence-corrected chi connectivity index (χ2v) is 7.17. The zero-order chi connectivity index (χ0) is 14.5. The van der Waals surface area contributed by atoms with Gasteiger partial charge < -0.3 is 15.0 Å². The van der Waals surface area contributed by atoms with E-state index in [0.29, 0.717) is 11.4 Å². The van der Waals surface area contributed by atoms with E-state index >= 15 is 0 Å². The summed E-state index contributed by atoms with van der Waals surface area (Å²) in [5, 5.41) is 2.80. The molecule has 1 aliphatic rings. The predicted octanol–water partition coefficient (Wildman–Crippen LogP) is 1.88. The third kappa shape index (κ3) is 4.29. The third-order valence-electron chi connectivity index (χ3n) is 3.06. The highest BCUT2D eigenvalue weighted by molar-refractivity contribution is 9.11. The number of nitrogens with one attached hydrogen (secondary N) is 1. The van der Waals surface area contributed by atoms with Crippen molar-refractivity contribution in [2.24, 2.45) is 0 Å². The first kappa shape index (κ1) is 15.5. The Bertz CT molecular complexity index is 486. The van der Waals surface area contributed by atoms with E-state index in [9.17, 15) is 9.59 Å². The number of carbonyl (C=O) groups is 2. The largest absolute Gasteiger partial charge is 0.376 e. The lowest BCUT2D eigenvalue weighted by Crippen LogP contribution is -2.40. The van der Waals surface area contributed by atoms with E-state index in [4.69, 9.17) is 4.74 Å². The number of thiophene rings is 1. The van der Waals surface area contributed by atoms with Crippen LogP contribution in [0.1, 0.15) is 22.5 Å². The maximum Gasteiger partial charge on any atom is 0.264 e. The lowest BCUT2D eigenvalue weighted by Gasteiger charge is -2.17. The molecule has 5 nitrogen and oxygen atoms in total. The van der Waals surface area contributed by atoms with Crippen LogP contribution in [0.4, 0.5) is 0 Å². The summed E-state index contributed by atoms with van der Waals surface area (Å²) in [7, 11) is 1.63. The van der Waals surface area contributed by atoms with E-state index in [0.717, 1.165) is 23.2 Å². The molecule has 2 amide bonds. The number of likely N-dealkylation sites (N-methyl/N-ethyl adjacent to an activating group) is 1. The topological polar surface area (TPSA) is 58.6 Å². The van der Waals surface area contributed by atoms with Crippen LogP contribution in [0, 0.1) is 0 Å². The van der Waals surface area contributed by atoms with Crippen molar-refractivity contribution in [3.63, 3.8) is 0 Å². The number of amides is 2. The molecule has 1 aromatic rings. The molecule has 0 aromatic carbocycles. The first-order valence-corrected chi connectivity index (χ1v) is 8.06. The molecule has 1 aliphatic heterocycles. The second kappa shape index (κ2) is 7.19. The fourth-order valence-corrected chi connectivity index (χ4v) is 3.37. The fraction of sp³-hybridized carbons (Fsp3) is 0.538. The highest BCUT2D eigenvalue weighted by Gasteiger charge is 2.19. The summed E-state index contributed by atoms with van der Waals surface area (Å²) in [4.78, 5) is 25.9. The van der Waals surface area contributed by atoms with Gasteiger partial charge in [-0.1, -0.05) is 0 Å². The smallest absolute Gasteiger partial charge is 0.264 e. The van der Waals surface area contributed by atoms with Gasteiger partial charge in [0.2, 0.25) is 5.91 Å². The zero-order valence-corrected chi connectivity index (χ0v) is 13.6. The predicted molar refractivity (Wildman–Crippen MR) is 81.0 cm³/mol. The van der Waals surface area contributed by atoms with Gasteiger partial charge >= 0.3 is 0 Å². The van der Waals surface area contributed by atoms with Crippen molar-refractivity contribution >= 4 is 39.1 Å². The number of rotatable bonds is 5. The van der Waals surface area contributed by atoms with E-state index in [1.165, 1.54) is 16.2 Å². The molecule has 0 unspecified atom stereocenters. The van der Waals surface area contributed by atoms with Crippen LogP contribution in [0.5, 0.6) is 0 Å². The number of carbonyl (C=O) groups excluding carboxylic acids is 2. The van der Waals surface area contributed by atoms with E-state index in [1.54, 1.807) is 13.1 Å². The van der Waals surface area contributed by atoms with Crippen LogP contribution in [0.15, 0.2) is 15.9 Å². The normalized spacial score (nSPS) is 18.0. The Morgan fingerprint density at radius 3 is 2.95 bits per heavy atom. The summed E-state index contributed by atoms with van der Waals surface area (Å²) in [5.74, 6) is -0.306. The summed E-state index contributed by atoms with van der Waals surface area (Å²) in [6, 6.07) is 3.57. The molecule has 2 heterocycles. The molecule has 0 aliphatic carbocycles. The van der Waals surface area contributed by atoms with Gasteiger partial charge in [0.25, 0.3) is 5.91 Å². The molecule has 1 saturated heterocycles. The molecule has 1 fully saturated rings. The van der Waals surface area contributed by atoms with Crippen LogP contribution in [0.2, 0.25) is 0 Å². The highest BCUT2D eigenvalue weighted by atomic mass is 79.9. The van der Waals surface area contributed by atoms with Gasteiger partial charge in [-0.2, -0.15) is 0 Å². The lowest BCUT2D eigenvalue weighted by atomic mass is 10.2. The molecule has 110 valence electrons. The molecule has 0 spiro atoms. The van der Waals surface area contributed by atoms with Gasteiger partial charge in [0.05, 0.1) is 21.3 Å². The third-order valence-corrected chi connectivity index (χ3v) is 4.67. The van der Waals surface area contributed by atoms with E-state index in [1.807, 2.05) is 6.07 Å². The SMILES string of the molecule is CN(CC(=O)NC[C@@H]1CCCO1)C(=O)c1ccc(Br)s1. The van der Waals surface area contributed by atoms with Gasteiger partial charge in [-0.3, -0.25) is 9.59 Å². The molecule has 0 radical (unpaired) electrons. The first-order chi connectivity index (χ1) is 9.56. The minimum atomic E-state index is -0.160. The van der Waals surface area contributed by atoms with Crippen molar-refractivity contribution in [3.8, 4) is 0 Å². The van der Waals surface area contributed by atoms with Crippen LogP contribution >= 0.6 is 27.3 Å². The van der Waals surface area contributed by atoms with Crippen molar-refractivity contribution in [2.75, 3.05) is 26.7 Å². The average Bonchev–Trinajstić information content (AvgIpc) is 3.06. The standard InChI is InChI=1S/C13H17BrN2O3S/c1-16(13(18)10-4-5-11(14)20-10)8-12(17)15-7-9-3-2-6-19-9/h4-5,9H,2-3,6-8H2,1H3,(H,15,17)/t9-/m0/s1. The molecule has 2 rings (SSSR count). The number of nitrogens with zero attached hydrogens (tertiary/aromatic N) is 1. The Kier molecular flexibility index (Phi) is 5.56. The fourth-order valence-electron chi connectivity index (χ4n) is 1.99. The van der Waals surface area contributed by atoms with Crippen molar-refractivity contribution in [1.82, 2.24) is 10.2 Å². The summed E-state index contributed by atoms with van der Waals surface area (Å²) >= 11 is 4.68. The lowest BCUT2D eigenvalue weighted by molar-refractivity contribution is -0.122. The van der Waals surface area contributed by atoms with E-state index < -0.39 is 0 Å². The molecule has 1 N–H and O–H groups in total. The zero-order valence-electron chi connectivity index (χ0n) is 11.2. The number of halogens is 1. The summed E-state index contributed by atoms with van der Waals surface area (Å²) in [6.45, 7) is 1.35. The van der Waals surface area contributed by atoms with Crippen LogP contribution in [0.3, 0.4) is 0 Å². The van der Waals surface area contributed by atoms with Gasteiger partial charge in [-0.05, 0) is 40.9 Å². The van der Waals surface area contributed by atoms with Crippen molar-refractivity contribution < 1.29 is 14.3 Å². The van der Waals surface area contributed by atoms with Gasteiger partial charge in [-0.15, -0.1) is 11.3 Å². The van der Waals surface area contributed by atoms with E-state index in [2.05, 4.69) is 21.2 Å². The number of hydrogen-bond acceptors (Lipinski definition) is 4. The maximum absolute atomic E-state index is 12.1. The van der Waals surface area contributed by atoms with Gasteiger partial charge in [0.1, 0.15) is 0 Å². The quantitative estimate of drug-likeness (QED) is 0.871. The molecular formula is C13H17BrN2O3S. The van der Waals surface area contributed by atoms with Crippen LogP contribution in [-0.4, -0.2) is 49.6 Å². The van der Waals surface area contributed by atoms with Crippen LogP contribution in [0.25, 0.3) is 0 Å². The Morgan fingerprint density at radius 2 is 2.35 bits per heavy atom. The number of ether oxygens (including phenoxy) is 1. The Labute approximate surface area is 130 Å². The molecular weight excluding hydrogens is 344 g/mol. The van der Waals surface area contributed by atoms with Gasteiger partial charge in [0, 0.05) is 20.2 Å². The highest BCUT2D eigenvalue weighted by Crippen LogP contribution is 2.22. The minimum Gasteiger partial charge on any atom is -0.376 e. The van der Waals surface area contributed by atoms with E-state index in [-0.39, 0.29) is 24.5 Å². The summed E-state index contributed by atoms with van der Waals surface area (Å²) in [5.41, 5.74) is 0. The first-order valence-electron chi connectivity index (χ1n) is 6.45. The number of hydrogen-bond donors (Lipinski definition) is 1. The van der Waals surface area contributed by atoms with Gasteiger partial charge in [0.15, 0.2) is 0 Å². The molecule has 1 atom stereocenters. The summed E-state index contributed by atoms with van der Waals surface area (Å²) < 4.78 is 6.33. The molecule has 0 saturated carbocycles. The second-order valence-electron chi connectivity index (χ2n) is 4.70. The minimum absolute atomic E-state index is 0.0566. The molecule has 0 bridgehead atoms. The Balaban J connectivity index is 1.76. The van der Waals surface area contributed by atoms with Crippen molar-refractivity contribution in [1.29, 1.82) is 0 Å². The monoisotopic (exact) mass is 360 g/mol. The Morgan fingerprint density at radius 1 is 1.55 bits per heavy atom. The van der Waals surface area contributed by atoms with Gasteiger partial charge in [-0.25, -0.2) is 0 Å². The van der Waals surface area contributed by atoms with Crippen LogP contribution < -0.4 is 5.32 Å².